The molecule has 0 amide bonds. The Bertz CT molecular complexity index is 829. The minimum absolute atomic E-state index is 0.130. The molecule has 0 saturated heterocycles. The van der Waals surface area contributed by atoms with E-state index in [1.165, 1.54) is 19.1 Å². The van der Waals surface area contributed by atoms with E-state index < -0.39 is 42.7 Å². The van der Waals surface area contributed by atoms with Gasteiger partial charge < -0.3 is 4.55 Å². The average molecular weight is 397 g/mol. The lowest BCUT2D eigenvalue weighted by atomic mass is 10.2. The maximum absolute atomic E-state index is 13.3. The zero-order valence-electron chi connectivity index (χ0n) is 12.0. The third-order valence-electron chi connectivity index (χ3n) is 2.77. The molecule has 0 N–H and O–H groups in total. The molecule has 1 unspecified atom stereocenters. The van der Waals surface area contributed by atoms with Crippen molar-refractivity contribution in [2.45, 2.75) is 36.3 Å². The van der Waals surface area contributed by atoms with E-state index in [1.807, 2.05) is 0 Å². The molecule has 0 aliphatic carbocycles. The van der Waals surface area contributed by atoms with Crippen LogP contribution in [0.3, 0.4) is 0 Å². The van der Waals surface area contributed by atoms with Gasteiger partial charge in [0.1, 0.15) is 0 Å². The molecular weight excluding hydrogens is 387 g/mol. The molecule has 1 aromatic carbocycles. The second-order valence-electron chi connectivity index (χ2n) is 4.76. The van der Waals surface area contributed by atoms with E-state index >= 15 is 0 Å². The van der Waals surface area contributed by atoms with E-state index in [2.05, 4.69) is 4.18 Å². The van der Waals surface area contributed by atoms with Crippen molar-refractivity contribution >= 4 is 20.2 Å². The van der Waals surface area contributed by atoms with E-state index in [-0.39, 0.29) is 11.1 Å². The van der Waals surface area contributed by atoms with E-state index in [0.29, 0.717) is 0 Å². The zero-order chi connectivity index (χ0) is 19.1. The minimum atomic E-state index is -6.85. The summed E-state index contributed by atoms with van der Waals surface area (Å²) in [5, 5.41) is -6.05. The second-order valence-corrected chi connectivity index (χ2v) is 7.75. The maximum atomic E-state index is 13.3. The van der Waals surface area contributed by atoms with Crippen LogP contribution in [0.2, 0.25) is 0 Å². The molecule has 0 heterocycles. The Morgan fingerprint density at radius 3 is 1.96 bits per heavy atom. The van der Waals surface area contributed by atoms with Crippen molar-refractivity contribution in [1.82, 2.24) is 0 Å². The highest BCUT2D eigenvalue weighted by Gasteiger charge is 2.63. The summed E-state index contributed by atoms with van der Waals surface area (Å²) in [5.41, 5.74) is 0.129. The van der Waals surface area contributed by atoms with Crippen LogP contribution in [-0.2, 0) is 24.4 Å². The van der Waals surface area contributed by atoms with Gasteiger partial charge in [-0.3, -0.25) is 0 Å². The van der Waals surface area contributed by atoms with Crippen LogP contribution < -0.4 is 0 Å². The molecule has 0 bridgehead atoms. The molecule has 24 heavy (non-hydrogen) atoms. The van der Waals surface area contributed by atoms with Crippen molar-refractivity contribution in [2.24, 2.45) is 0 Å². The predicted octanol–water partition coefficient (Wildman–Crippen LogP) is 2.08. The lowest BCUT2D eigenvalue weighted by Gasteiger charge is -2.29. The fraction of sp³-hybridized carbons (Fsp3) is 0.455. The van der Waals surface area contributed by atoms with Crippen molar-refractivity contribution in [3.63, 3.8) is 0 Å². The van der Waals surface area contributed by atoms with E-state index in [4.69, 9.17) is 0 Å². The molecule has 138 valence electrons. The molecule has 1 rings (SSSR count). The summed E-state index contributed by atoms with van der Waals surface area (Å²) < 4.78 is 123. The quantitative estimate of drug-likeness (QED) is 0.428. The van der Waals surface area contributed by atoms with Gasteiger partial charge in [0.25, 0.3) is 10.1 Å². The number of rotatable bonds is 5. The number of hydrogen-bond donors (Lipinski definition) is 0. The third kappa shape index (κ3) is 4.20. The minimum Gasteiger partial charge on any atom is -0.743 e. The summed E-state index contributed by atoms with van der Waals surface area (Å²) >= 11 is 0. The Hall–Kier alpha value is -1.31. The lowest BCUT2D eigenvalue weighted by molar-refractivity contribution is -0.238. The number of benzene rings is 1. The maximum Gasteiger partial charge on any atom is 0.423 e. The van der Waals surface area contributed by atoms with Gasteiger partial charge in [0, 0.05) is 0 Å². The monoisotopic (exact) mass is 397 g/mol. The van der Waals surface area contributed by atoms with Crippen LogP contribution in [-0.4, -0.2) is 38.9 Å². The van der Waals surface area contributed by atoms with Gasteiger partial charge in [-0.05, 0) is 31.0 Å². The van der Waals surface area contributed by atoms with Crippen LogP contribution in [0, 0.1) is 13.8 Å². The summed E-state index contributed by atoms with van der Waals surface area (Å²) in [5.74, 6) is 0. The van der Waals surface area contributed by atoms with Crippen molar-refractivity contribution in [3.05, 3.63) is 29.3 Å². The van der Waals surface area contributed by atoms with E-state index in [0.717, 1.165) is 13.0 Å². The highest BCUT2D eigenvalue weighted by Crippen LogP contribution is 2.39. The molecule has 0 aliphatic rings. The lowest BCUT2D eigenvalue weighted by Crippen LogP contribution is -2.52. The summed E-state index contributed by atoms with van der Waals surface area (Å²) in [4.78, 5) is -0.865. The van der Waals surface area contributed by atoms with Gasteiger partial charge >= 0.3 is 11.4 Å². The molecule has 0 saturated carbocycles. The topological polar surface area (TPSA) is 101 Å². The van der Waals surface area contributed by atoms with Crippen LogP contribution in [0.1, 0.15) is 11.1 Å². The molecule has 6 nitrogen and oxygen atoms in total. The molecular formula is C11H10F5O6S2-. The fourth-order valence-electron chi connectivity index (χ4n) is 1.59. The standard InChI is InChI=1S/C11H11F5O6S2/c1-6-3-4-7(2)8(5-6)23(17,18)22-9(10(12,13)14)11(15,16)24(19,20)21/h3-5,9H,1-2H3,(H,19,20,21)/p-1. The third-order valence-corrected chi connectivity index (χ3v) is 5.08. The number of aryl methyl sites for hydroxylation is 2. The highest BCUT2D eigenvalue weighted by molar-refractivity contribution is 7.87. The summed E-state index contributed by atoms with van der Waals surface area (Å²) in [6, 6.07) is 3.42. The number of hydrogen-bond acceptors (Lipinski definition) is 6. The molecule has 1 atom stereocenters. The van der Waals surface area contributed by atoms with Crippen LogP contribution >= 0.6 is 0 Å². The fourth-order valence-corrected chi connectivity index (χ4v) is 3.47. The van der Waals surface area contributed by atoms with Gasteiger partial charge in [0.2, 0.25) is 6.10 Å². The normalized spacial score (nSPS) is 15.3. The molecule has 13 heteroatoms. The first-order valence-electron chi connectivity index (χ1n) is 5.90. The molecule has 0 spiro atoms. The van der Waals surface area contributed by atoms with Gasteiger partial charge in [0.05, 0.1) is 4.90 Å². The summed E-state index contributed by atoms with van der Waals surface area (Å²) in [7, 11) is -12.3. The van der Waals surface area contributed by atoms with E-state index in [9.17, 15) is 43.3 Å². The number of halogens is 5. The highest BCUT2D eigenvalue weighted by atomic mass is 32.2. The Labute approximate surface area is 134 Å². The molecule has 1 aromatic rings. The van der Waals surface area contributed by atoms with Crippen LogP contribution in [0.5, 0.6) is 0 Å². The Kier molecular flexibility index (Phi) is 5.36. The SMILES string of the molecule is Cc1ccc(C)c(S(=O)(=O)OC(C(F)(F)F)C(F)(F)S(=O)(=O)[O-])c1. The van der Waals surface area contributed by atoms with Crippen LogP contribution in [0.4, 0.5) is 22.0 Å². The smallest absolute Gasteiger partial charge is 0.423 e. The average Bonchev–Trinajstić information content (AvgIpc) is 2.36. The van der Waals surface area contributed by atoms with Gasteiger partial charge in [-0.2, -0.15) is 30.4 Å². The van der Waals surface area contributed by atoms with Crippen molar-refractivity contribution < 1.29 is 47.5 Å². The zero-order valence-corrected chi connectivity index (χ0v) is 13.6. The molecule has 0 fully saturated rings. The van der Waals surface area contributed by atoms with Crippen LogP contribution in [0.25, 0.3) is 0 Å². The van der Waals surface area contributed by atoms with Gasteiger partial charge in [0.15, 0.2) is 10.1 Å². The van der Waals surface area contributed by atoms with E-state index in [1.54, 1.807) is 0 Å². The first kappa shape index (κ1) is 20.7. The second kappa shape index (κ2) is 6.20. The van der Waals surface area contributed by atoms with Crippen molar-refractivity contribution in [3.8, 4) is 0 Å². The molecule has 0 aromatic heterocycles. The van der Waals surface area contributed by atoms with Crippen molar-refractivity contribution in [1.29, 1.82) is 0 Å². The van der Waals surface area contributed by atoms with Gasteiger partial charge in [-0.15, -0.1) is 0 Å². The predicted molar refractivity (Wildman–Crippen MR) is 68.7 cm³/mol. The number of alkyl halides is 5. The summed E-state index contributed by atoms with van der Waals surface area (Å²) in [6.45, 7) is 2.52. The largest absolute Gasteiger partial charge is 0.743 e. The molecule has 0 aliphatic heterocycles. The van der Waals surface area contributed by atoms with Gasteiger partial charge in [-0.1, -0.05) is 12.1 Å². The van der Waals surface area contributed by atoms with Crippen molar-refractivity contribution in [2.75, 3.05) is 0 Å². The first-order chi connectivity index (χ1) is 10.5. The Morgan fingerprint density at radius 1 is 1.04 bits per heavy atom. The van der Waals surface area contributed by atoms with Gasteiger partial charge in [-0.25, -0.2) is 12.6 Å². The molecule has 0 radical (unpaired) electrons. The first-order valence-corrected chi connectivity index (χ1v) is 8.72. The Morgan fingerprint density at radius 2 is 1.54 bits per heavy atom. The van der Waals surface area contributed by atoms with Crippen LogP contribution in [0.15, 0.2) is 23.1 Å². The Balaban J connectivity index is 3.47. The summed E-state index contributed by atoms with van der Waals surface area (Å²) in [6.07, 6.45) is -10.8.